The van der Waals surface area contributed by atoms with Crippen LogP contribution in [0.2, 0.25) is 0 Å². The number of hydrogen-bond donors (Lipinski definition) is 0. The molecule has 1 nitrogen and oxygen atoms in total. The summed E-state index contributed by atoms with van der Waals surface area (Å²) in [7, 11) is 0. The minimum atomic E-state index is 0.621. The van der Waals surface area contributed by atoms with E-state index in [0.717, 1.165) is 23.1 Å². The molecule has 0 amide bonds. The van der Waals surface area contributed by atoms with Crippen molar-refractivity contribution < 1.29 is 4.42 Å². The molecule has 1 aromatic heterocycles. The summed E-state index contributed by atoms with van der Waals surface area (Å²) in [6.07, 6.45) is 1.000. The Kier molecular flexibility index (Phi) is 2.92. The van der Waals surface area contributed by atoms with Crippen molar-refractivity contribution >= 4 is 26.9 Å². The lowest BCUT2D eigenvalue weighted by molar-refractivity contribution is 0.504. The van der Waals surface area contributed by atoms with Gasteiger partial charge in [-0.15, -0.1) is 0 Å². The molecule has 0 aliphatic carbocycles. The fourth-order valence-electron chi connectivity index (χ4n) is 1.54. The molecule has 0 bridgehead atoms. The van der Waals surface area contributed by atoms with E-state index in [9.17, 15) is 0 Å². The second kappa shape index (κ2) is 4.18. The summed E-state index contributed by atoms with van der Waals surface area (Å²) in [5, 5.41) is 2.22. The minimum absolute atomic E-state index is 0.621. The molecular weight excluding hydrogens is 240 g/mol. The van der Waals surface area contributed by atoms with E-state index in [1.807, 2.05) is 18.2 Å². The van der Waals surface area contributed by atoms with Gasteiger partial charge in [0.05, 0.1) is 0 Å². The Hall–Kier alpha value is -0.760. The molecule has 74 valence electrons. The van der Waals surface area contributed by atoms with Crippen molar-refractivity contribution in [2.24, 2.45) is 5.92 Å². The molecule has 2 heteroatoms. The highest BCUT2D eigenvalue weighted by Gasteiger charge is 2.06. The molecule has 0 spiro atoms. The average Bonchev–Trinajstić information content (AvgIpc) is 2.59. The lowest BCUT2D eigenvalue weighted by Crippen LogP contribution is -1.98. The fourth-order valence-corrected chi connectivity index (χ4v) is 1.76. The van der Waals surface area contributed by atoms with E-state index in [0.29, 0.717) is 5.92 Å². The van der Waals surface area contributed by atoms with E-state index in [2.05, 4.69) is 35.0 Å². The first kappa shape index (κ1) is 9.78. The highest BCUT2D eigenvalue weighted by atomic mass is 79.9. The number of hydrogen-bond acceptors (Lipinski definition) is 1. The van der Waals surface area contributed by atoms with Gasteiger partial charge >= 0.3 is 0 Å². The number of furan rings is 1. The number of fused-ring (bicyclic) bond motifs is 1. The molecule has 2 aromatic rings. The zero-order chi connectivity index (χ0) is 9.97. The van der Waals surface area contributed by atoms with Crippen LogP contribution in [0.1, 0.15) is 12.7 Å². The van der Waals surface area contributed by atoms with E-state index in [1.165, 1.54) is 5.39 Å². The fraction of sp³-hybridized carbons (Fsp3) is 0.333. The quantitative estimate of drug-likeness (QED) is 0.753. The molecule has 0 aliphatic rings. The summed E-state index contributed by atoms with van der Waals surface area (Å²) < 4.78 is 5.72. The van der Waals surface area contributed by atoms with Crippen molar-refractivity contribution in [1.82, 2.24) is 0 Å². The molecule has 1 heterocycles. The molecule has 0 saturated carbocycles. The summed E-state index contributed by atoms with van der Waals surface area (Å²) in [5.41, 5.74) is 0.990. The van der Waals surface area contributed by atoms with Crippen molar-refractivity contribution in [2.45, 2.75) is 13.3 Å². The first-order valence-corrected chi connectivity index (χ1v) is 5.95. The number of halogens is 1. The zero-order valence-electron chi connectivity index (χ0n) is 8.16. The lowest BCUT2D eigenvalue weighted by atomic mass is 10.1. The number of alkyl halides is 1. The summed E-state index contributed by atoms with van der Waals surface area (Å²) in [6.45, 7) is 2.21. The molecule has 1 aromatic carbocycles. The minimum Gasteiger partial charge on any atom is -0.461 e. The molecule has 0 radical (unpaired) electrons. The van der Waals surface area contributed by atoms with E-state index in [4.69, 9.17) is 4.42 Å². The van der Waals surface area contributed by atoms with E-state index in [-0.39, 0.29) is 0 Å². The first-order valence-electron chi connectivity index (χ1n) is 4.83. The third-order valence-corrected chi connectivity index (χ3v) is 3.39. The topological polar surface area (TPSA) is 13.1 Å². The Morgan fingerprint density at radius 2 is 2.14 bits per heavy atom. The van der Waals surface area contributed by atoms with E-state index in [1.54, 1.807) is 0 Å². The third kappa shape index (κ3) is 2.01. The van der Waals surface area contributed by atoms with Crippen LogP contribution in [0.3, 0.4) is 0 Å². The maximum Gasteiger partial charge on any atom is 0.134 e. The largest absolute Gasteiger partial charge is 0.461 e. The van der Waals surface area contributed by atoms with Crippen molar-refractivity contribution in [3.05, 3.63) is 36.1 Å². The van der Waals surface area contributed by atoms with Gasteiger partial charge in [0.1, 0.15) is 11.3 Å². The SMILES string of the molecule is CC(CBr)Cc1cc2ccccc2o1. The van der Waals surface area contributed by atoms with Crippen LogP contribution >= 0.6 is 15.9 Å². The maximum atomic E-state index is 5.72. The van der Waals surface area contributed by atoms with Gasteiger partial charge in [-0.25, -0.2) is 0 Å². The van der Waals surface area contributed by atoms with Crippen LogP contribution in [0.4, 0.5) is 0 Å². The standard InChI is InChI=1S/C12H13BrO/c1-9(8-13)6-11-7-10-4-2-3-5-12(10)14-11/h2-5,7,9H,6,8H2,1H3. The molecule has 14 heavy (non-hydrogen) atoms. The van der Waals surface area contributed by atoms with Gasteiger partial charge < -0.3 is 4.42 Å². The van der Waals surface area contributed by atoms with Crippen LogP contribution in [0.15, 0.2) is 34.7 Å². The molecule has 0 N–H and O–H groups in total. The van der Waals surface area contributed by atoms with Gasteiger partial charge in [-0.2, -0.15) is 0 Å². The molecular formula is C12H13BrO. The van der Waals surface area contributed by atoms with Crippen LogP contribution in [0.5, 0.6) is 0 Å². The normalized spacial score (nSPS) is 13.3. The summed E-state index contributed by atoms with van der Waals surface area (Å²) >= 11 is 3.47. The van der Waals surface area contributed by atoms with E-state index >= 15 is 0 Å². The Morgan fingerprint density at radius 3 is 2.86 bits per heavy atom. The zero-order valence-corrected chi connectivity index (χ0v) is 9.75. The van der Waals surface area contributed by atoms with Crippen molar-refractivity contribution in [3.8, 4) is 0 Å². The molecule has 0 aliphatic heterocycles. The van der Waals surface area contributed by atoms with Crippen LogP contribution < -0.4 is 0 Å². The average molecular weight is 253 g/mol. The van der Waals surface area contributed by atoms with Gasteiger partial charge in [-0.1, -0.05) is 41.1 Å². The summed E-state index contributed by atoms with van der Waals surface area (Å²) in [5.74, 6) is 1.70. The Balaban J connectivity index is 2.27. The van der Waals surface area contributed by atoms with Crippen molar-refractivity contribution in [1.29, 1.82) is 0 Å². The predicted octanol–water partition coefficient (Wildman–Crippen LogP) is 4.01. The van der Waals surface area contributed by atoms with Crippen LogP contribution in [-0.4, -0.2) is 5.33 Å². The molecule has 0 fully saturated rings. The number of para-hydroxylation sites is 1. The van der Waals surface area contributed by atoms with Gasteiger partial charge in [-0.3, -0.25) is 0 Å². The van der Waals surface area contributed by atoms with Gasteiger partial charge in [0.15, 0.2) is 0 Å². The highest BCUT2D eigenvalue weighted by Crippen LogP contribution is 2.21. The van der Waals surface area contributed by atoms with Gasteiger partial charge in [0.2, 0.25) is 0 Å². The lowest BCUT2D eigenvalue weighted by Gasteiger charge is -2.02. The predicted molar refractivity (Wildman–Crippen MR) is 62.9 cm³/mol. The Bertz CT molecular complexity index is 386. The number of rotatable bonds is 3. The Labute approximate surface area is 92.2 Å². The second-order valence-electron chi connectivity index (χ2n) is 3.71. The second-order valence-corrected chi connectivity index (χ2v) is 4.36. The summed E-state index contributed by atoms with van der Waals surface area (Å²) in [6, 6.07) is 10.3. The Morgan fingerprint density at radius 1 is 1.36 bits per heavy atom. The summed E-state index contributed by atoms with van der Waals surface area (Å²) in [4.78, 5) is 0. The highest BCUT2D eigenvalue weighted by molar-refractivity contribution is 9.09. The number of benzene rings is 1. The van der Waals surface area contributed by atoms with E-state index < -0.39 is 0 Å². The molecule has 1 atom stereocenters. The molecule has 2 rings (SSSR count). The van der Waals surface area contributed by atoms with Crippen LogP contribution in [0, 0.1) is 5.92 Å². The monoisotopic (exact) mass is 252 g/mol. The smallest absolute Gasteiger partial charge is 0.134 e. The van der Waals surface area contributed by atoms with Crippen LogP contribution in [-0.2, 0) is 6.42 Å². The van der Waals surface area contributed by atoms with Gasteiger partial charge in [0.25, 0.3) is 0 Å². The molecule has 1 unspecified atom stereocenters. The van der Waals surface area contributed by atoms with Crippen LogP contribution in [0.25, 0.3) is 11.0 Å². The van der Waals surface area contributed by atoms with Gasteiger partial charge in [0, 0.05) is 17.1 Å². The third-order valence-electron chi connectivity index (χ3n) is 2.29. The van der Waals surface area contributed by atoms with Gasteiger partial charge in [-0.05, 0) is 18.1 Å². The van der Waals surface area contributed by atoms with Crippen molar-refractivity contribution in [2.75, 3.05) is 5.33 Å². The van der Waals surface area contributed by atoms with Crippen molar-refractivity contribution in [3.63, 3.8) is 0 Å². The molecule has 0 saturated heterocycles. The first-order chi connectivity index (χ1) is 6.79. The maximum absolute atomic E-state index is 5.72.